The lowest BCUT2D eigenvalue weighted by molar-refractivity contribution is -0.136. The monoisotopic (exact) mass is 284 g/mol. The third-order valence-electron chi connectivity index (χ3n) is 4.59. The van der Waals surface area contributed by atoms with E-state index in [9.17, 15) is 4.79 Å². The summed E-state index contributed by atoms with van der Waals surface area (Å²) in [4.78, 5) is 14.8. The number of hydrogen-bond donors (Lipinski definition) is 1. The minimum Gasteiger partial charge on any atom is -0.337 e. The van der Waals surface area contributed by atoms with Crippen LogP contribution in [0.4, 0.5) is 0 Å². The van der Waals surface area contributed by atoms with E-state index in [4.69, 9.17) is 0 Å². The minimum absolute atomic E-state index is 0.406. The second-order valence-corrected chi connectivity index (χ2v) is 7.11. The third kappa shape index (κ3) is 4.12. The van der Waals surface area contributed by atoms with Crippen molar-refractivity contribution in [3.63, 3.8) is 0 Å². The van der Waals surface area contributed by atoms with Gasteiger partial charge in [0.05, 0.1) is 0 Å². The molecule has 2 atom stereocenters. The molecule has 2 unspecified atom stereocenters. The van der Waals surface area contributed by atoms with Crippen molar-refractivity contribution in [3.05, 3.63) is 0 Å². The molecule has 2 rings (SSSR count). The van der Waals surface area contributed by atoms with Crippen LogP contribution in [0.3, 0.4) is 0 Å². The van der Waals surface area contributed by atoms with E-state index in [-0.39, 0.29) is 0 Å². The average molecular weight is 284 g/mol. The predicted molar refractivity (Wildman–Crippen MR) is 82.5 cm³/mol. The molecule has 0 spiro atoms. The zero-order chi connectivity index (χ0) is 13.7. The van der Waals surface area contributed by atoms with Gasteiger partial charge in [-0.2, -0.15) is 11.8 Å². The topological polar surface area (TPSA) is 32.3 Å². The van der Waals surface area contributed by atoms with Gasteiger partial charge in [-0.3, -0.25) is 4.79 Å². The van der Waals surface area contributed by atoms with Crippen LogP contribution in [-0.4, -0.2) is 47.5 Å². The van der Waals surface area contributed by atoms with E-state index in [1.807, 2.05) is 11.8 Å². The largest absolute Gasteiger partial charge is 0.337 e. The Bertz CT molecular complexity index is 292. The van der Waals surface area contributed by atoms with Crippen molar-refractivity contribution in [2.75, 3.05) is 24.6 Å². The molecule has 1 N–H and O–H groups in total. The van der Waals surface area contributed by atoms with Crippen LogP contribution in [0.25, 0.3) is 0 Å². The Balaban J connectivity index is 1.90. The lowest BCUT2D eigenvalue weighted by atomic mass is 9.96. The van der Waals surface area contributed by atoms with Gasteiger partial charge < -0.3 is 10.2 Å². The number of amides is 1. The molecule has 4 heteroatoms. The number of carbonyl (C=O) groups excluding carboxylic acids is 1. The number of hydrogen-bond acceptors (Lipinski definition) is 3. The highest BCUT2D eigenvalue weighted by Crippen LogP contribution is 2.26. The summed E-state index contributed by atoms with van der Waals surface area (Å²) >= 11 is 2.04. The fraction of sp³-hybridized carbons (Fsp3) is 0.933. The highest BCUT2D eigenvalue weighted by Gasteiger charge is 2.30. The molecule has 0 bridgehead atoms. The maximum atomic E-state index is 12.6. The Morgan fingerprint density at radius 3 is 2.63 bits per heavy atom. The van der Waals surface area contributed by atoms with Gasteiger partial charge in [0, 0.05) is 31.6 Å². The summed E-state index contributed by atoms with van der Waals surface area (Å²) in [5.74, 6) is 3.53. The molecular formula is C15H28N2OS. The van der Waals surface area contributed by atoms with Crippen molar-refractivity contribution in [2.24, 2.45) is 5.92 Å². The zero-order valence-electron chi connectivity index (χ0n) is 12.4. The molecule has 0 aromatic heterocycles. The second kappa shape index (κ2) is 7.53. The van der Waals surface area contributed by atoms with Crippen molar-refractivity contribution in [3.8, 4) is 0 Å². The smallest absolute Gasteiger partial charge is 0.223 e. The normalized spacial score (nSPS) is 29.5. The lowest BCUT2D eigenvalue weighted by Gasteiger charge is -2.40. The standard InChI is InChI=1S/C15H28N2OS/c1-3-13-11-17(14(4-2)10-16-13)15(18)9-12-5-7-19-8-6-12/h12-14,16H,3-11H2,1-2H3. The maximum Gasteiger partial charge on any atom is 0.223 e. The van der Waals surface area contributed by atoms with Crippen molar-refractivity contribution < 1.29 is 4.79 Å². The third-order valence-corrected chi connectivity index (χ3v) is 5.64. The minimum atomic E-state index is 0.406. The van der Waals surface area contributed by atoms with Gasteiger partial charge in [0.15, 0.2) is 0 Å². The Morgan fingerprint density at radius 2 is 2.00 bits per heavy atom. The first-order valence-corrected chi connectivity index (χ1v) is 9.00. The fourth-order valence-corrected chi connectivity index (χ4v) is 4.33. The van der Waals surface area contributed by atoms with Gasteiger partial charge >= 0.3 is 0 Å². The highest BCUT2D eigenvalue weighted by atomic mass is 32.2. The van der Waals surface area contributed by atoms with E-state index in [2.05, 4.69) is 24.1 Å². The lowest BCUT2D eigenvalue weighted by Crippen LogP contribution is -2.58. The van der Waals surface area contributed by atoms with E-state index in [0.29, 0.717) is 23.9 Å². The number of thioether (sulfide) groups is 1. The molecule has 2 saturated heterocycles. The maximum absolute atomic E-state index is 12.6. The number of rotatable bonds is 4. The van der Waals surface area contributed by atoms with Gasteiger partial charge in [-0.15, -0.1) is 0 Å². The number of piperazine rings is 1. The molecule has 2 heterocycles. The van der Waals surface area contributed by atoms with Crippen LogP contribution in [-0.2, 0) is 4.79 Å². The molecule has 0 aromatic carbocycles. The van der Waals surface area contributed by atoms with Gasteiger partial charge in [0.25, 0.3) is 0 Å². The molecule has 0 radical (unpaired) electrons. The summed E-state index contributed by atoms with van der Waals surface area (Å²) in [6, 6.07) is 0.905. The molecule has 3 nitrogen and oxygen atoms in total. The Morgan fingerprint density at radius 1 is 1.26 bits per heavy atom. The van der Waals surface area contributed by atoms with Crippen LogP contribution < -0.4 is 5.32 Å². The molecule has 2 fully saturated rings. The van der Waals surface area contributed by atoms with E-state index in [1.54, 1.807) is 0 Å². The summed E-state index contributed by atoms with van der Waals surface area (Å²) in [5.41, 5.74) is 0. The van der Waals surface area contributed by atoms with Crippen molar-refractivity contribution >= 4 is 17.7 Å². The molecule has 2 aliphatic heterocycles. The van der Waals surface area contributed by atoms with Crippen LogP contribution in [0.2, 0.25) is 0 Å². The quantitative estimate of drug-likeness (QED) is 0.861. The first kappa shape index (κ1) is 15.2. The van der Waals surface area contributed by atoms with E-state index < -0.39 is 0 Å². The summed E-state index contributed by atoms with van der Waals surface area (Å²) < 4.78 is 0. The van der Waals surface area contributed by atoms with E-state index in [1.165, 1.54) is 24.3 Å². The first-order chi connectivity index (χ1) is 9.24. The van der Waals surface area contributed by atoms with Crippen LogP contribution >= 0.6 is 11.8 Å². The van der Waals surface area contributed by atoms with E-state index in [0.717, 1.165) is 32.4 Å². The highest BCUT2D eigenvalue weighted by molar-refractivity contribution is 7.99. The summed E-state index contributed by atoms with van der Waals surface area (Å²) in [6.07, 6.45) is 5.43. The van der Waals surface area contributed by atoms with Crippen molar-refractivity contribution in [2.45, 2.75) is 58.0 Å². The summed E-state index contributed by atoms with van der Waals surface area (Å²) in [7, 11) is 0. The van der Waals surface area contributed by atoms with Gasteiger partial charge in [0.1, 0.15) is 0 Å². The zero-order valence-corrected chi connectivity index (χ0v) is 13.2. The average Bonchev–Trinajstić information content (AvgIpc) is 2.47. The van der Waals surface area contributed by atoms with Gasteiger partial charge in [-0.25, -0.2) is 0 Å². The van der Waals surface area contributed by atoms with Gasteiger partial charge in [-0.1, -0.05) is 13.8 Å². The van der Waals surface area contributed by atoms with E-state index >= 15 is 0 Å². The Hall–Kier alpha value is -0.220. The van der Waals surface area contributed by atoms with Gasteiger partial charge in [-0.05, 0) is 43.1 Å². The van der Waals surface area contributed by atoms with Crippen molar-refractivity contribution in [1.82, 2.24) is 10.2 Å². The number of nitrogens with zero attached hydrogens (tertiary/aromatic N) is 1. The molecule has 1 amide bonds. The van der Waals surface area contributed by atoms with Gasteiger partial charge in [0.2, 0.25) is 5.91 Å². The molecule has 0 aromatic rings. The molecular weight excluding hydrogens is 256 g/mol. The fourth-order valence-electron chi connectivity index (χ4n) is 3.12. The SMILES string of the molecule is CCC1CN(C(=O)CC2CCSCC2)C(CC)CN1. The number of nitrogens with one attached hydrogen (secondary N) is 1. The summed E-state index contributed by atoms with van der Waals surface area (Å²) in [5, 5.41) is 3.56. The van der Waals surface area contributed by atoms with Crippen LogP contribution in [0.5, 0.6) is 0 Å². The first-order valence-electron chi connectivity index (χ1n) is 7.85. The second-order valence-electron chi connectivity index (χ2n) is 5.88. The molecule has 19 heavy (non-hydrogen) atoms. The van der Waals surface area contributed by atoms with Crippen LogP contribution in [0, 0.1) is 5.92 Å². The number of carbonyl (C=O) groups is 1. The Kier molecular flexibility index (Phi) is 6.02. The van der Waals surface area contributed by atoms with Crippen LogP contribution in [0.15, 0.2) is 0 Å². The molecule has 2 aliphatic rings. The van der Waals surface area contributed by atoms with Crippen LogP contribution in [0.1, 0.15) is 46.0 Å². The molecule has 0 aliphatic carbocycles. The predicted octanol–water partition coefficient (Wildman–Crippen LogP) is 2.51. The summed E-state index contributed by atoms with van der Waals surface area (Å²) in [6.45, 7) is 6.28. The van der Waals surface area contributed by atoms with Crippen molar-refractivity contribution in [1.29, 1.82) is 0 Å². The molecule has 110 valence electrons. The molecule has 0 saturated carbocycles. The Labute approximate surface area is 121 Å².